The maximum atomic E-state index is 12.7. The number of nitrogens with one attached hydrogen (secondary N) is 1. The molecule has 10 heteroatoms. The van der Waals surface area contributed by atoms with Gasteiger partial charge in [0.25, 0.3) is 11.6 Å². The molecule has 0 heterocycles. The monoisotopic (exact) mass is 366 g/mol. The molecule has 2 rings (SSSR count). The lowest BCUT2D eigenvalue weighted by molar-refractivity contribution is -0.398. The molecular formula is C15H10ClFN3O5-. The normalized spacial score (nSPS) is 10.6. The van der Waals surface area contributed by atoms with Crippen molar-refractivity contribution in [1.29, 1.82) is 0 Å². The van der Waals surface area contributed by atoms with Gasteiger partial charge < -0.3 is 9.84 Å². The van der Waals surface area contributed by atoms with Gasteiger partial charge in [-0.15, -0.1) is 0 Å². The Hall–Kier alpha value is -3.20. The Bertz CT molecular complexity index is 827. The summed E-state index contributed by atoms with van der Waals surface area (Å²) in [6.45, 7) is -0.400. The van der Waals surface area contributed by atoms with Gasteiger partial charge in [-0.25, -0.2) is 9.82 Å². The molecule has 2 aromatic rings. The van der Waals surface area contributed by atoms with E-state index in [0.717, 1.165) is 12.3 Å². The van der Waals surface area contributed by atoms with Crippen molar-refractivity contribution in [3.8, 4) is 11.5 Å². The van der Waals surface area contributed by atoms with Crippen molar-refractivity contribution in [1.82, 2.24) is 5.43 Å². The second-order valence-corrected chi connectivity index (χ2v) is 5.07. The molecule has 0 aromatic heterocycles. The molecule has 1 amide bonds. The van der Waals surface area contributed by atoms with Gasteiger partial charge in [0.2, 0.25) is 0 Å². The molecule has 0 aliphatic rings. The van der Waals surface area contributed by atoms with Crippen LogP contribution in [-0.4, -0.2) is 23.7 Å². The molecule has 2 aromatic carbocycles. The van der Waals surface area contributed by atoms with Crippen LogP contribution in [0.1, 0.15) is 5.56 Å². The van der Waals surface area contributed by atoms with Crippen molar-refractivity contribution < 1.29 is 24.0 Å². The molecule has 0 atom stereocenters. The van der Waals surface area contributed by atoms with Crippen LogP contribution in [0, 0.1) is 15.9 Å². The fourth-order valence-corrected chi connectivity index (χ4v) is 1.94. The number of carbonyl (C=O) groups excluding carboxylic acids is 1. The number of rotatable bonds is 6. The van der Waals surface area contributed by atoms with Gasteiger partial charge in [-0.2, -0.15) is 5.10 Å². The molecule has 0 saturated heterocycles. The molecule has 0 radical (unpaired) electrons. The summed E-state index contributed by atoms with van der Waals surface area (Å²) in [6, 6.07) is 7.15. The van der Waals surface area contributed by atoms with Crippen LogP contribution in [0.15, 0.2) is 41.5 Å². The molecule has 25 heavy (non-hydrogen) atoms. The number of ether oxygens (including phenoxy) is 1. The molecule has 0 spiro atoms. The first-order valence-electron chi connectivity index (χ1n) is 6.72. The number of amides is 1. The quantitative estimate of drug-likeness (QED) is 0.476. The molecule has 1 N–H and O–H groups in total. The first-order chi connectivity index (χ1) is 11.9. The number of hydrazone groups is 1. The third kappa shape index (κ3) is 5.15. The van der Waals surface area contributed by atoms with Crippen molar-refractivity contribution in [3.63, 3.8) is 0 Å². The molecule has 0 bridgehead atoms. The fraction of sp³-hybridized carbons (Fsp3) is 0.0667. The highest BCUT2D eigenvalue weighted by molar-refractivity contribution is 6.31. The van der Waals surface area contributed by atoms with E-state index in [9.17, 15) is 24.4 Å². The zero-order valence-corrected chi connectivity index (χ0v) is 13.2. The van der Waals surface area contributed by atoms with Crippen LogP contribution in [0.2, 0.25) is 5.02 Å². The van der Waals surface area contributed by atoms with Crippen LogP contribution in [0.5, 0.6) is 11.5 Å². The molecular weight excluding hydrogens is 357 g/mol. The van der Waals surface area contributed by atoms with Gasteiger partial charge in [-0.3, -0.25) is 14.9 Å². The zero-order valence-electron chi connectivity index (χ0n) is 12.4. The molecule has 0 unspecified atom stereocenters. The average molecular weight is 367 g/mol. The van der Waals surface area contributed by atoms with E-state index in [-0.39, 0.29) is 16.3 Å². The Morgan fingerprint density at radius 2 is 2.04 bits per heavy atom. The van der Waals surface area contributed by atoms with E-state index in [1.165, 1.54) is 30.3 Å². The summed E-state index contributed by atoms with van der Waals surface area (Å²) >= 11 is 5.70. The fourth-order valence-electron chi connectivity index (χ4n) is 1.72. The molecule has 0 saturated carbocycles. The van der Waals surface area contributed by atoms with Gasteiger partial charge >= 0.3 is 0 Å². The summed E-state index contributed by atoms with van der Waals surface area (Å²) in [7, 11) is 0. The summed E-state index contributed by atoms with van der Waals surface area (Å²) in [5.74, 6) is -1.68. The molecule has 0 fully saturated rings. The lowest BCUT2D eigenvalue weighted by atomic mass is 10.2. The summed E-state index contributed by atoms with van der Waals surface area (Å²) < 4.78 is 17.8. The highest BCUT2D eigenvalue weighted by atomic mass is 35.5. The van der Waals surface area contributed by atoms with E-state index in [0.29, 0.717) is 0 Å². The third-order valence-electron chi connectivity index (χ3n) is 2.84. The first kappa shape index (κ1) is 18.1. The van der Waals surface area contributed by atoms with Gasteiger partial charge in [0.15, 0.2) is 6.61 Å². The first-order valence-corrected chi connectivity index (χ1v) is 7.10. The zero-order chi connectivity index (χ0) is 18.4. The lowest BCUT2D eigenvalue weighted by Crippen LogP contribution is -2.24. The van der Waals surface area contributed by atoms with Gasteiger partial charge in [0, 0.05) is 11.1 Å². The average Bonchev–Trinajstić information content (AvgIpc) is 2.57. The molecule has 8 nitrogen and oxygen atoms in total. The van der Waals surface area contributed by atoms with E-state index in [1.54, 1.807) is 0 Å². The van der Waals surface area contributed by atoms with Gasteiger partial charge in [0.1, 0.15) is 11.6 Å². The standard InChI is InChI=1S/C15H11ClFN3O5/c16-10-5-9(15(22)13(6-10)20(23)24)7-18-19-14(21)8-25-12-3-1-11(17)2-4-12/h1-7,22H,8H2,(H,19,21)/p-1/b18-7-. The number of hydrogen-bond acceptors (Lipinski definition) is 6. The molecule has 130 valence electrons. The maximum absolute atomic E-state index is 12.7. The minimum atomic E-state index is -0.880. The van der Waals surface area contributed by atoms with Crippen LogP contribution < -0.4 is 15.3 Å². The van der Waals surface area contributed by atoms with E-state index < -0.39 is 34.7 Å². The lowest BCUT2D eigenvalue weighted by Gasteiger charge is -2.10. The Kier molecular flexibility index (Phi) is 5.85. The van der Waals surface area contributed by atoms with E-state index in [4.69, 9.17) is 16.3 Å². The minimum absolute atomic E-state index is 0.0151. The third-order valence-corrected chi connectivity index (χ3v) is 3.05. The smallest absolute Gasteiger partial charge is 0.277 e. The second kappa shape index (κ2) is 8.06. The second-order valence-electron chi connectivity index (χ2n) is 4.64. The molecule has 0 aliphatic heterocycles. The van der Waals surface area contributed by atoms with Crippen LogP contribution in [0.3, 0.4) is 0 Å². The van der Waals surface area contributed by atoms with Gasteiger partial charge in [0.05, 0.1) is 11.1 Å². The summed E-state index contributed by atoms with van der Waals surface area (Å²) in [5.41, 5.74) is 1.24. The van der Waals surface area contributed by atoms with Crippen molar-refractivity contribution >= 4 is 29.4 Å². The predicted octanol–water partition coefficient (Wildman–Crippen LogP) is 1.99. The van der Waals surface area contributed by atoms with Gasteiger partial charge in [-0.1, -0.05) is 11.6 Å². The topological polar surface area (TPSA) is 117 Å². The van der Waals surface area contributed by atoms with Crippen LogP contribution in [0.4, 0.5) is 10.1 Å². The van der Waals surface area contributed by atoms with E-state index >= 15 is 0 Å². The SMILES string of the molecule is O=C(COc1ccc(F)cc1)N/N=C\c1cc(Cl)cc([N+](=O)[O-])c1[O-]. The van der Waals surface area contributed by atoms with Crippen molar-refractivity contribution in [2.24, 2.45) is 5.10 Å². The van der Waals surface area contributed by atoms with Crippen molar-refractivity contribution in [2.75, 3.05) is 6.61 Å². The Morgan fingerprint density at radius 1 is 1.36 bits per heavy atom. The minimum Gasteiger partial charge on any atom is -0.867 e. The number of nitrogens with zero attached hydrogens (tertiary/aromatic N) is 2. The number of nitro benzene ring substituents is 1. The predicted molar refractivity (Wildman–Crippen MR) is 85.2 cm³/mol. The highest BCUT2D eigenvalue weighted by Gasteiger charge is 2.11. The highest BCUT2D eigenvalue weighted by Crippen LogP contribution is 2.29. The van der Waals surface area contributed by atoms with Crippen molar-refractivity contribution in [3.05, 3.63) is 62.9 Å². The Labute approximate surface area is 145 Å². The van der Waals surface area contributed by atoms with Crippen LogP contribution in [0.25, 0.3) is 0 Å². The van der Waals surface area contributed by atoms with Crippen LogP contribution in [-0.2, 0) is 4.79 Å². The molecule has 0 aliphatic carbocycles. The van der Waals surface area contributed by atoms with Gasteiger partial charge in [-0.05, 0) is 41.6 Å². The summed E-state index contributed by atoms with van der Waals surface area (Å²) in [4.78, 5) is 21.4. The number of benzene rings is 2. The number of hydrogen-bond donors (Lipinski definition) is 1. The van der Waals surface area contributed by atoms with E-state index in [2.05, 4.69) is 10.5 Å². The Balaban J connectivity index is 1.95. The number of nitro groups is 1. The van der Waals surface area contributed by atoms with E-state index in [1.807, 2.05) is 0 Å². The maximum Gasteiger partial charge on any atom is 0.277 e. The van der Waals surface area contributed by atoms with Crippen LogP contribution >= 0.6 is 11.6 Å². The number of carbonyl (C=O) groups is 1. The largest absolute Gasteiger partial charge is 0.867 e. The summed E-state index contributed by atoms with van der Waals surface area (Å²) in [5, 5.41) is 26.1. The number of halogens is 2. The summed E-state index contributed by atoms with van der Waals surface area (Å²) in [6.07, 6.45) is 0.941. The van der Waals surface area contributed by atoms with Crippen molar-refractivity contribution in [2.45, 2.75) is 0 Å². The Morgan fingerprint density at radius 3 is 2.68 bits per heavy atom.